The summed E-state index contributed by atoms with van der Waals surface area (Å²) >= 11 is 0. The first kappa shape index (κ1) is 9.53. The van der Waals surface area contributed by atoms with E-state index in [2.05, 4.69) is 30.4 Å². The first-order chi connectivity index (χ1) is 6.92. The van der Waals surface area contributed by atoms with Gasteiger partial charge < -0.3 is 10.1 Å². The van der Waals surface area contributed by atoms with Gasteiger partial charge in [-0.05, 0) is 25.6 Å². The second-order valence-corrected chi connectivity index (χ2v) is 3.69. The summed E-state index contributed by atoms with van der Waals surface area (Å²) in [5.74, 6) is 1.67. The van der Waals surface area contributed by atoms with E-state index in [0.717, 1.165) is 25.4 Å². The number of nitrogens with one attached hydrogen (secondary N) is 1. The van der Waals surface area contributed by atoms with E-state index >= 15 is 0 Å². The number of ether oxygens (including phenoxy) is 1. The minimum Gasteiger partial charge on any atom is -0.493 e. The Kier molecular flexibility index (Phi) is 3.04. The quantitative estimate of drug-likeness (QED) is 0.736. The number of hydrogen-bond acceptors (Lipinski definition) is 2. The van der Waals surface area contributed by atoms with Crippen LogP contribution in [0.2, 0.25) is 0 Å². The molecule has 0 aliphatic carbocycles. The van der Waals surface area contributed by atoms with E-state index in [1.807, 2.05) is 6.07 Å². The number of hydrogen-bond donors (Lipinski definition) is 1. The minimum absolute atomic E-state index is 0.588. The van der Waals surface area contributed by atoms with Crippen LogP contribution in [-0.2, 0) is 0 Å². The second-order valence-electron chi connectivity index (χ2n) is 3.69. The van der Waals surface area contributed by atoms with Gasteiger partial charge >= 0.3 is 0 Å². The molecule has 0 saturated heterocycles. The number of benzene rings is 1. The summed E-state index contributed by atoms with van der Waals surface area (Å²) in [5, 5.41) is 3.35. The monoisotopic (exact) mass is 191 g/mol. The van der Waals surface area contributed by atoms with Gasteiger partial charge in [-0.25, -0.2) is 0 Å². The Morgan fingerprint density at radius 1 is 1.43 bits per heavy atom. The summed E-state index contributed by atoms with van der Waals surface area (Å²) < 4.78 is 5.61. The van der Waals surface area contributed by atoms with Crippen molar-refractivity contribution in [2.45, 2.75) is 19.3 Å². The van der Waals surface area contributed by atoms with Crippen LogP contribution in [0.25, 0.3) is 0 Å². The van der Waals surface area contributed by atoms with E-state index in [4.69, 9.17) is 4.74 Å². The molecule has 0 bridgehead atoms. The van der Waals surface area contributed by atoms with Crippen LogP contribution in [0.5, 0.6) is 5.75 Å². The van der Waals surface area contributed by atoms with E-state index < -0.39 is 0 Å². The van der Waals surface area contributed by atoms with Gasteiger partial charge in [-0.3, -0.25) is 0 Å². The van der Waals surface area contributed by atoms with E-state index in [9.17, 15) is 0 Å². The number of fused-ring (bicyclic) bond motifs is 1. The molecular weight excluding hydrogens is 174 g/mol. The summed E-state index contributed by atoms with van der Waals surface area (Å²) in [5.41, 5.74) is 1.38. The maximum Gasteiger partial charge on any atom is 0.122 e. The van der Waals surface area contributed by atoms with Crippen molar-refractivity contribution >= 4 is 0 Å². The molecular formula is C12H17NO. The third-order valence-corrected chi connectivity index (χ3v) is 2.72. The molecule has 0 spiro atoms. The van der Waals surface area contributed by atoms with Crippen LogP contribution in [-0.4, -0.2) is 19.7 Å². The lowest BCUT2D eigenvalue weighted by atomic mass is 9.98. The van der Waals surface area contributed by atoms with Gasteiger partial charge in [0.2, 0.25) is 0 Å². The molecule has 1 aliphatic heterocycles. The maximum absolute atomic E-state index is 5.61. The second kappa shape index (κ2) is 4.47. The van der Waals surface area contributed by atoms with Gasteiger partial charge in [0.25, 0.3) is 0 Å². The molecule has 2 nitrogen and oxygen atoms in total. The Bertz CT molecular complexity index is 298. The average Bonchev–Trinajstić information content (AvgIpc) is 2.63. The van der Waals surface area contributed by atoms with Gasteiger partial charge in [0.1, 0.15) is 5.75 Å². The lowest BCUT2D eigenvalue weighted by Crippen LogP contribution is -2.17. The molecule has 14 heavy (non-hydrogen) atoms. The molecule has 0 fully saturated rings. The van der Waals surface area contributed by atoms with Crippen molar-refractivity contribution in [3.8, 4) is 5.75 Å². The van der Waals surface area contributed by atoms with E-state index in [1.165, 1.54) is 12.0 Å². The standard InChI is InChI=1S/C12H17NO/c1-2-13-8-7-10-9-14-12-6-4-3-5-11(10)12/h3-6,10,13H,2,7-9H2,1H3. The Labute approximate surface area is 85.3 Å². The van der Waals surface area contributed by atoms with Crippen LogP contribution in [0.15, 0.2) is 24.3 Å². The molecule has 0 radical (unpaired) electrons. The van der Waals surface area contributed by atoms with Gasteiger partial charge in [0.05, 0.1) is 6.61 Å². The molecule has 1 unspecified atom stereocenters. The Hall–Kier alpha value is -1.02. The fourth-order valence-electron chi connectivity index (χ4n) is 1.92. The highest BCUT2D eigenvalue weighted by Crippen LogP contribution is 2.34. The van der Waals surface area contributed by atoms with Crippen molar-refractivity contribution < 1.29 is 4.74 Å². The number of para-hydroxylation sites is 1. The molecule has 1 N–H and O–H groups in total. The molecule has 1 aliphatic rings. The molecule has 0 saturated carbocycles. The zero-order chi connectivity index (χ0) is 9.80. The molecule has 2 rings (SSSR count). The lowest BCUT2D eigenvalue weighted by molar-refractivity contribution is 0.324. The SMILES string of the molecule is CCNCCC1COc2ccccc21. The Morgan fingerprint density at radius 3 is 3.14 bits per heavy atom. The van der Waals surface area contributed by atoms with Crippen LogP contribution < -0.4 is 10.1 Å². The minimum atomic E-state index is 0.588. The van der Waals surface area contributed by atoms with Crippen molar-refractivity contribution in [2.24, 2.45) is 0 Å². The molecule has 1 aromatic carbocycles. The van der Waals surface area contributed by atoms with Crippen LogP contribution in [0.3, 0.4) is 0 Å². The van der Waals surface area contributed by atoms with Gasteiger partial charge in [-0.2, -0.15) is 0 Å². The topological polar surface area (TPSA) is 21.3 Å². The van der Waals surface area contributed by atoms with Crippen molar-refractivity contribution in [1.82, 2.24) is 5.32 Å². The first-order valence-electron chi connectivity index (χ1n) is 5.34. The summed E-state index contributed by atoms with van der Waals surface area (Å²) in [4.78, 5) is 0. The normalized spacial score (nSPS) is 19.1. The van der Waals surface area contributed by atoms with Crippen molar-refractivity contribution in [1.29, 1.82) is 0 Å². The molecule has 1 atom stereocenters. The summed E-state index contributed by atoms with van der Waals surface area (Å²) in [6, 6.07) is 8.36. The Balaban J connectivity index is 1.96. The fraction of sp³-hybridized carbons (Fsp3) is 0.500. The average molecular weight is 191 g/mol. The van der Waals surface area contributed by atoms with Crippen molar-refractivity contribution in [3.63, 3.8) is 0 Å². The van der Waals surface area contributed by atoms with Gasteiger partial charge in [0.15, 0.2) is 0 Å². The van der Waals surface area contributed by atoms with Gasteiger partial charge in [-0.15, -0.1) is 0 Å². The smallest absolute Gasteiger partial charge is 0.122 e. The first-order valence-corrected chi connectivity index (χ1v) is 5.34. The lowest BCUT2D eigenvalue weighted by Gasteiger charge is -2.08. The summed E-state index contributed by atoms with van der Waals surface area (Å²) in [6.07, 6.45) is 1.17. The van der Waals surface area contributed by atoms with Gasteiger partial charge in [0, 0.05) is 11.5 Å². The van der Waals surface area contributed by atoms with E-state index in [0.29, 0.717) is 5.92 Å². The molecule has 1 heterocycles. The predicted molar refractivity (Wildman–Crippen MR) is 57.8 cm³/mol. The Morgan fingerprint density at radius 2 is 2.29 bits per heavy atom. The number of rotatable bonds is 4. The van der Waals surface area contributed by atoms with Crippen molar-refractivity contribution in [3.05, 3.63) is 29.8 Å². The zero-order valence-corrected chi connectivity index (χ0v) is 8.62. The maximum atomic E-state index is 5.61. The molecule has 0 amide bonds. The molecule has 2 heteroatoms. The largest absolute Gasteiger partial charge is 0.493 e. The summed E-state index contributed by atoms with van der Waals surface area (Å²) in [7, 11) is 0. The van der Waals surface area contributed by atoms with E-state index in [-0.39, 0.29) is 0 Å². The zero-order valence-electron chi connectivity index (χ0n) is 8.62. The third-order valence-electron chi connectivity index (χ3n) is 2.72. The van der Waals surface area contributed by atoms with Crippen LogP contribution in [0.1, 0.15) is 24.8 Å². The summed E-state index contributed by atoms with van der Waals surface area (Å²) in [6.45, 7) is 5.12. The van der Waals surface area contributed by atoms with Crippen molar-refractivity contribution in [2.75, 3.05) is 19.7 Å². The molecule has 76 valence electrons. The highest BCUT2D eigenvalue weighted by atomic mass is 16.5. The molecule has 1 aromatic rings. The van der Waals surface area contributed by atoms with Gasteiger partial charge in [-0.1, -0.05) is 25.1 Å². The fourth-order valence-corrected chi connectivity index (χ4v) is 1.92. The third kappa shape index (κ3) is 1.90. The highest BCUT2D eigenvalue weighted by Gasteiger charge is 2.22. The predicted octanol–water partition coefficient (Wildman–Crippen LogP) is 2.16. The highest BCUT2D eigenvalue weighted by molar-refractivity contribution is 5.39. The molecule has 0 aromatic heterocycles. The van der Waals surface area contributed by atoms with E-state index in [1.54, 1.807) is 0 Å². The van der Waals surface area contributed by atoms with Crippen LogP contribution >= 0.6 is 0 Å². The van der Waals surface area contributed by atoms with Crippen LogP contribution in [0.4, 0.5) is 0 Å². The van der Waals surface area contributed by atoms with Crippen LogP contribution in [0, 0.1) is 0 Å².